The van der Waals surface area contributed by atoms with E-state index in [0.717, 1.165) is 46.0 Å². The number of benzene rings is 2. The van der Waals surface area contributed by atoms with Crippen LogP contribution in [0.25, 0.3) is 16.5 Å². The second kappa shape index (κ2) is 8.27. The van der Waals surface area contributed by atoms with Gasteiger partial charge in [0.05, 0.1) is 21.4 Å². The van der Waals surface area contributed by atoms with Gasteiger partial charge in [0.1, 0.15) is 6.61 Å². The molecule has 5 nitrogen and oxygen atoms in total. The number of H-pyrrole nitrogens is 1. The molecule has 2 aromatic carbocycles. The highest BCUT2D eigenvalue weighted by atomic mass is 35.5. The topological polar surface area (TPSA) is 67.0 Å². The van der Waals surface area contributed by atoms with Gasteiger partial charge in [-0.3, -0.25) is 9.89 Å². The van der Waals surface area contributed by atoms with Crippen LogP contribution in [0.5, 0.6) is 5.75 Å². The van der Waals surface area contributed by atoms with E-state index in [2.05, 4.69) is 21.6 Å². The van der Waals surface area contributed by atoms with Crippen LogP contribution in [0.3, 0.4) is 0 Å². The van der Waals surface area contributed by atoms with Gasteiger partial charge in [0, 0.05) is 12.4 Å². The first-order valence-electron chi connectivity index (χ1n) is 9.16. The number of hydrogen-bond acceptors (Lipinski definition) is 3. The van der Waals surface area contributed by atoms with E-state index in [4.69, 9.17) is 39.5 Å². The molecule has 0 saturated carbocycles. The zero-order valence-electron chi connectivity index (χ0n) is 15.6. The third kappa shape index (κ3) is 3.59. The molecule has 0 spiro atoms. The number of alkyl halides is 1. The fraction of sp³-hybridized carbons (Fsp3) is 0.238. The van der Waals surface area contributed by atoms with Gasteiger partial charge in [-0.25, -0.2) is 0 Å². The number of allylic oxidation sites excluding steroid dienone is 1. The van der Waals surface area contributed by atoms with Crippen molar-refractivity contribution in [3.05, 3.63) is 62.8 Å². The highest BCUT2D eigenvalue weighted by molar-refractivity contribution is 6.38. The number of fused-ring (bicyclic) bond motifs is 2. The van der Waals surface area contributed by atoms with Gasteiger partial charge in [-0.1, -0.05) is 35.3 Å². The van der Waals surface area contributed by atoms with Crippen molar-refractivity contribution in [1.82, 2.24) is 15.5 Å². The van der Waals surface area contributed by atoms with Crippen molar-refractivity contribution in [2.24, 2.45) is 0 Å². The maximum Gasteiger partial charge on any atom is 0.272 e. The number of rotatable bonds is 5. The van der Waals surface area contributed by atoms with E-state index in [9.17, 15) is 4.79 Å². The Labute approximate surface area is 183 Å². The summed E-state index contributed by atoms with van der Waals surface area (Å²) in [5.41, 5.74) is 5.11. The minimum atomic E-state index is -0.237. The Hall–Kier alpha value is -2.21. The molecule has 29 heavy (non-hydrogen) atoms. The fourth-order valence-corrected chi connectivity index (χ4v) is 4.35. The van der Waals surface area contributed by atoms with Gasteiger partial charge in [-0.05, 0) is 53.3 Å². The maximum atomic E-state index is 12.1. The molecule has 0 saturated heterocycles. The predicted molar refractivity (Wildman–Crippen MR) is 118 cm³/mol. The van der Waals surface area contributed by atoms with E-state index in [1.54, 1.807) is 7.05 Å². The minimum Gasteiger partial charge on any atom is -0.489 e. The zero-order chi connectivity index (χ0) is 20.5. The maximum absolute atomic E-state index is 12.1. The Bertz CT molecular complexity index is 1140. The van der Waals surface area contributed by atoms with E-state index < -0.39 is 0 Å². The second-order valence-electron chi connectivity index (χ2n) is 6.63. The van der Waals surface area contributed by atoms with Crippen LogP contribution < -0.4 is 10.1 Å². The van der Waals surface area contributed by atoms with Crippen LogP contribution in [0.15, 0.2) is 30.3 Å². The number of halogens is 3. The minimum absolute atomic E-state index is 0.237. The Morgan fingerprint density at radius 1 is 1.31 bits per heavy atom. The van der Waals surface area contributed by atoms with Gasteiger partial charge in [0.2, 0.25) is 0 Å². The zero-order valence-corrected chi connectivity index (χ0v) is 17.9. The molecule has 8 heteroatoms. The van der Waals surface area contributed by atoms with Crippen LogP contribution in [0.2, 0.25) is 10.0 Å². The fourth-order valence-electron chi connectivity index (χ4n) is 3.61. The van der Waals surface area contributed by atoms with Crippen molar-refractivity contribution in [2.75, 3.05) is 19.5 Å². The van der Waals surface area contributed by atoms with E-state index in [1.807, 2.05) is 24.3 Å². The lowest BCUT2D eigenvalue weighted by atomic mass is 9.86. The monoisotopic (exact) mass is 449 g/mol. The summed E-state index contributed by atoms with van der Waals surface area (Å²) in [5, 5.41) is 11.4. The summed E-state index contributed by atoms with van der Waals surface area (Å²) in [7, 11) is 1.58. The van der Waals surface area contributed by atoms with Crippen LogP contribution >= 0.6 is 34.8 Å². The SMILES string of the molecule is CNC(=O)c1n[nH]c2ccc(C3=CCCc4c3cc(Cl)c(OCCCl)c4Cl)cc12. The van der Waals surface area contributed by atoms with Crippen LogP contribution in [0.4, 0.5) is 0 Å². The standard InChI is InChI=1S/C21H18Cl3N3O2/c1-25-21(28)19-15-9-11(5-6-17(15)26-27-19)12-3-2-4-13-14(12)10-16(23)20(18(13)24)29-8-7-22/h3,5-6,9-10H,2,4,7-8H2,1H3,(H,25,28)(H,26,27). The highest BCUT2D eigenvalue weighted by Crippen LogP contribution is 2.44. The average molecular weight is 451 g/mol. The van der Waals surface area contributed by atoms with Crippen LogP contribution in [0.1, 0.15) is 33.6 Å². The summed E-state index contributed by atoms with van der Waals surface area (Å²) < 4.78 is 5.65. The molecule has 1 aromatic heterocycles. The number of nitrogens with zero attached hydrogens (tertiary/aromatic N) is 1. The van der Waals surface area contributed by atoms with Gasteiger partial charge in [-0.2, -0.15) is 5.10 Å². The summed E-state index contributed by atoms with van der Waals surface area (Å²) in [6, 6.07) is 7.76. The average Bonchev–Trinajstić information content (AvgIpc) is 3.16. The number of aromatic nitrogens is 2. The molecule has 1 aliphatic carbocycles. The number of nitrogens with one attached hydrogen (secondary N) is 2. The number of carbonyl (C=O) groups excluding carboxylic acids is 1. The molecule has 2 N–H and O–H groups in total. The normalized spacial score (nSPS) is 13.2. The Morgan fingerprint density at radius 3 is 2.90 bits per heavy atom. The smallest absolute Gasteiger partial charge is 0.272 e. The molecule has 1 heterocycles. The van der Waals surface area contributed by atoms with Crippen LogP contribution in [-0.2, 0) is 6.42 Å². The van der Waals surface area contributed by atoms with Crippen molar-refractivity contribution in [3.63, 3.8) is 0 Å². The predicted octanol–water partition coefficient (Wildman–Crippen LogP) is 5.22. The van der Waals surface area contributed by atoms with E-state index in [1.165, 1.54) is 0 Å². The number of carbonyl (C=O) groups is 1. The second-order valence-corrected chi connectivity index (χ2v) is 7.80. The van der Waals surface area contributed by atoms with E-state index in [-0.39, 0.29) is 5.91 Å². The molecule has 0 unspecified atom stereocenters. The lowest BCUT2D eigenvalue weighted by Gasteiger charge is -2.22. The molecule has 150 valence electrons. The summed E-state index contributed by atoms with van der Waals surface area (Å²) in [4.78, 5) is 12.1. The van der Waals surface area contributed by atoms with E-state index in [0.29, 0.717) is 34.0 Å². The number of hydrogen-bond donors (Lipinski definition) is 2. The Morgan fingerprint density at radius 2 is 2.14 bits per heavy atom. The van der Waals surface area contributed by atoms with Crippen LogP contribution in [-0.4, -0.2) is 35.6 Å². The molecule has 3 aromatic rings. The molecule has 0 bridgehead atoms. The number of aromatic amines is 1. The van der Waals surface area contributed by atoms with Crippen molar-refractivity contribution < 1.29 is 9.53 Å². The molecule has 1 aliphatic rings. The highest BCUT2D eigenvalue weighted by Gasteiger charge is 2.23. The van der Waals surface area contributed by atoms with Crippen molar-refractivity contribution in [2.45, 2.75) is 12.8 Å². The van der Waals surface area contributed by atoms with Gasteiger partial charge < -0.3 is 10.1 Å². The van der Waals surface area contributed by atoms with Gasteiger partial charge in [0.15, 0.2) is 11.4 Å². The van der Waals surface area contributed by atoms with Crippen LogP contribution in [0, 0.1) is 0 Å². The Balaban J connectivity index is 1.82. The summed E-state index contributed by atoms with van der Waals surface area (Å²) in [6.45, 7) is 0.335. The third-order valence-corrected chi connectivity index (χ3v) is 5.78. The van der Waals surface area contributed by atoms with Gasteiger partial charge in [-0.15, -0.1) is 11.6 Å². The summed E-state index contributed by atoms with van der Waals surface area (Å²) >= 11 is 18.8. The van der Waals surface area contributed by atoms with Crippen molar-refractivity contribution >= 4 is 57.2 Å². The summed E-state index contributed by atoms with van der Waals surface area (Å²) in [6.07, 6.45) is 3.79. The summed E-state index contributed by atoms with van der Waals surface area (Å²) in [5.74, 6) is 0.590. The molecule has 0 fully saturated rings. The molecular weight excluding hydrogens is 433 g/mol. The molecule has 0 aliphatic heterocycles. The first-order valence-corrected chi connectivity index (χ1v) is 10.4. The third-order valence-electron chi connectivity index (χ3n) is 4.95. The number of ether oxygens (including phenoxy) is 1. The van der Waals surface area contributed by atoms with Gasteiger partial charge >= 0.3 is 0 Å². The molecule has 1 amide bonds. The van der Waals surface area contributed by atoms with Crippen molar-refractivity contribution in [3.8, 4) is 5.75 Å². The van der Waals surface area contributed by atoms with E-state index >= 15 is 0 Å². The molecule has 0 atom stereocenters. The lowest BCUT2D eigenvalue weighted by molar-refractivity contribution is 0.0959. The first kappa shape index (κ1) is 20.1. The molecule has 0 radical (unpaired) electrons. The first-order chi connectivity index (χ1) is 14.0. The van der Waals surface area contributed by atoms with Gasteiger partial charge in [0.25, 0.3) is 5.91 Å². The number of amides is 1. The van der Waals surface area contributed by atoms with Crippen molar-refractivity contribution in [1.29, 1.82) is 0 Å². The quantitative estimate of drug-likeness (QED) is 0.523. The molecular formula is C21H18Cl3N3O2. The lowest BCUT2D eigenvalue weighted by Crippen LogP contribution is -2.18. The molecule has 4 rings (SSSR count). The largest absolute Gasteiger partial charge is 0.489 e. The Kier molecular flexibility index (Phi) is 5.72.